The average molecular weight is 446 g/mol. The number of hydrogen-bond acceptors (Lipinski definition) is 8. The molecular formula is C20H19N3O5S2. The second-order valence-electron chi connectivity index (χ2n) is 6.50. The highest BCUT2D eigenvalue weighted by Crippen LogP contribution is 2.27. The number of carbonyl (C=O) groups is 1. The molecule has 10 heteroatoms. The number of hydrogen-bond donors (Lipinski definition) is 0. The molecule has 0 bridgehead atoms. The van der Waals surface area contributed by atoms with Gasteiger partial charge in [-0.05, 0) is 18.2 Å². The minimum absolute atomic E-state index is 0.0426. The van der Waals surface area contributed by atoms with E-state index in [0.717, 1.165) is 11.8 Å². The molecule has 0 atom stereocenters. The van der Waals surface area contributed by atoms with Crippen LogP contribution in [0.25, 0.3) is 11.5 Å². The molecule has 0 unspecified atom stereocenters. The van der Waals surface area contributed by atoms with Crippen molar-refractivity contribution in [2.24, 2.45) is 0 Å². The fraction of sp³-hybridized carbons (Fsp3) is 0.250. The van der Waals surface area contributed by atoms with Crippen LogP contribution in [0, 0.1) is 0 Å². The molecular weight excluding hydrogens is 426 g/mol. The molecule has 30 heavy (non-hydrogen) atoms. The van der Waals surface area contributed by atoms with Crippen molar-refractivity contribution in [1.82, 2.24) is 14.5 Å². The number of ether oxygens (including phenoxy) is 1. The predicted octanol–water partition coefficient (Wildman–Crippen LogP) is 2.73. The van der Waals surface area contributed by atoms with Crippen LogP contribution in [0.3, 0.4) is 0 Å². The number of carbonyl (C=O) groups excluding carboxylic acids is 1. The topological polar surface area (TPSA) is 103 Å². The molecule has 156 valence electrons. The summed E-state index contributed by atoms with van der Waals surface area (Å²) in [4.78, 5) is 12.4. The summed E-state index contributed by atoms with van der Waals surface area (Å²) in [6, 6.07) is 15.4. The number of rotatable bonds is 7. The minimum Gasteiger partial charge on any atom is -0.411 e. The summed E-state index contributed by atoms with van der Waals surface area (Å²) in [5, 5.41) is 8.20. The fourth-order valence-electron chi connectivity index (χ4n) is 2.95. The van der Waals surface area contributed by atoms with E-state index in [1.165, 1.54) is 10.4 Å². The number of nitrogens with zero attached hydrogens (tertiary/aromatic N) is 3. The maximum Gasteiger partial charge on any atom is 0.277 e. The third-order valence-electron chi connectivity index (χ3n) is 4.52. The van der Waals surface area contributed by atoms with E-state index < -0.39 is 10.0 Å². The van der Waals surface area contributed by atoms with Crippen LogP contribution >= 0.6 is 11.8 Å². The van der Waals surface area contributed by atoms with Crippen LogP contribution in [-0.2, 0) is 14.8 Å². The Morgan fingerprint density at radius 2 is 1.80 bits per heavy atom. The molecule has 0 N–H and O–H groups in total. The summed E-state index contributed by atoms with van der Waals surface area (Å²) in [5.74, 6) is 0.319. The molecule has 2 heterocycles. The van der Waals surface area contributed by atoms with E-state index in [1.54, 1.807) is 42.5 Å². The van der Waals surface area contributed by atoms with E-state index in [9.17, 15) is 13.2 Å². The van der Waals surface area contributed by atoms with Gasteiger partial charge in [-0.15, -0.1) is 10.2 Å². The first-order valence-corrected chi connectivity index (χ1v) is 11.7. The summed E-state index contributed by atoms with van der Waals surface area (Å²) in [7, 11) is -3.62. The fourth-order valence-corrected chi connectivity index (χ4v) is 5.06. The van der Waals surface area contributed by atoms with Crippen molar-refractivity contribution in [2.45, 2.75) is 10.1 Å². The van der Waals surface area contributed by atoms with Gasteiger partial charge in [0.1, 0.15) is 0 Å². The first-order chi connectivity index (χ1) is 14.5. The molecule has 1 fully saturated rings. The lowest BCUT2D eigenvalue weighted by Gasteiger charge is -2.26. The molecule has 1 aliphatic rings. The summed E-state index contributed by atoms with van der Waals surface area (Å²) in [5.41, 5.74) is 1.11. The van der Waals surface area contributed by atoms with E-state index in [2.05, 4.69) is 10.2 Å². The number of ketones is 1. The van der Waals surface area contributed by atoms with Gasteiger partial charge in [0.25, 0.3) is 5.22 Å². The van der Waals surface area contributed by atoms with Crippen LogP contribution in [0.15, 0.2) is 69.1 Å². The molecule has 0 radical (unpaired) electrons. The van der Waals surface area contributed by atoms with Crippen molar-refractivity contribution >= 4 is 27.6 Å². The quantitative estimate of drug-likeness (QED) is 0.404. The molecule has 1 saturated heterocycles. The van der Waals surface area contributed by atoms with Crippen LogP contribution in [0.5, 0.6) is 0 Å². The van der Waals surface area contributed by atoms with E-state index in [0.29, 0.717) is 37.4 Å². The summed E-state index contributed by atoms with van der Waals surface area (Å²) >= 11 is 1.14. The van der Waals surface area contributed by atoms with Gasteiger partial charge in [0.15, 0.2) is 5.78 Å². The van der Waals surface area contributed by atoms with Gasteiger partial charge >= 0.3 is 0 Å². The Hall–Kier alpha value is -2.53. The summed E-state index contributed by atoms with van der Waals surface area (Å²) in [6.45, 7) is 1.41. The highest BCUT2D eigenvalue weighted by molar-refractivity contribution is 7.99. The second kappa shape index (κ2) is 9.09. The molecule has 4 rings (SSSR count). The van der Waals surface area contributed by atoms with Crippen LogP contribution < -0.4 is 0 Å². The highest BCUT2D eigenvalue weighted by atomic mass is 32.2. The first-order valence-electron chi connectivity index (χ1n) is 9.27. The molecule has 0 spiro atoms. The van der Waals surface area contributed by atoms with Crippen LogP contribution in [0.1, 0.15) is 10.4 Å². The SMILES string of the molecule is O=C(CSc1nnc(-c2cccc(S(=O)(=O)N3CCOCC3)c2)o1)c1ccccc1. The molecule has 0 amide bonds. The Balaban J connectivity index is 1.47. The number of Topliss-reactive ketones (excluding diaryl/α,β-unsaturated/α-hetero) is 1. The molecule has 0 saturated carbocycles. The Kier molecular flexibility index (Phi) is 6.28. The van der Waals surface area contributed by atoms with Gasteiger partial charge in [-0.2, -0.15) is 4.31 Å². The third-order valence-corrected chi connectivity index (χ3v) is 7.23. The number of benzene rings is 2. The van der Waals surface area contributed by atoms with E-state index >= 15 is 0 Å². The second-order valence-corrected chi connectivity index (χ2v) is 9.36. The van der Waals surface area contributed by atoms with Crippen molar-refractivity contribution in [1.29, 1.82) is 0 Å². The van der Waals surface area contributed by atoms with Crippen molar-refractivity contribution < 1.29 is 22.4 Å². The zero-order chi connectivity index (χ0) is 21.0. The Morgan fingerprint density at radius 3 is 2.57 bits per heavy atom. The molecule has 1 aliphatic heterocycles. The summed E-state index contributed by atoms with van der Waals surface area (Å²) in [6.07, 6.45) is 0. The predicted molar refractivity (Wildman–Crippen MR) is 111 cm³/mol. The normalized spacial score (nSPS) is 15.2. The maximum absolute atomic E-state index is 12.9. The van der Waals surface area contributed by atoms with Gasteiger partial charge in [0.2, 0.25) is 15.9 Å². The van der Waals surface area contributed by atoms with Crippen molar-refractivity contribution in [3.05, 3.63) is 60.2 Å². The largest absolute Gasteiger partial charge is 0.411 e. The number of sulfonamides is 1. The standard InChI is InChI=1S/C20H19N3O5S2/c24-18(15-5-2-1-3-6-15)14-29-20-22-21-19(28-20)16-7-4-8-17(13-16)30(25,26)23-9-11-27-12-10-23/h1-8,13H,9-12,14H2. The van der Waals surface area contributed by atoms with Gasteiger partial charge in [0.05, 0.1) is 23.9 Å². The zero-order valence-corrected chi connectivity index (χ0v) is 17.6. The number of thioether (sulfide) groups is 1. The Morgan fingerprint density at radius 1 is 1.03 bits per heavy atom. The van der Waals surface area contributed by atoms with Gasteiger partial charge in [-0.3, -0.25) is 4.79 Å². The van der Waals surface area contributed by atoms with Gasteiger partial charge in [0, 0.05) is 24.2 Å². The third kappa shape index (κ3) is 4.62. The summed E-state index contributed by atoms with van der Waals surface area (Å²) < 4.78 is 38.0. The molecule has 2 aromatic carbocycles. The van der Waals surface area contributed by atoms with Gasteiger partial charge in [-0.25, -0.2) is 8.42 Å². The van der Waals surface area contributed by atoms with E-state index in [4.69, 9.17) is 9.15 Å². The van der Waals surface area contributed by atoms with Gasteiger partial charge in [-0.1, -0.05) is 48.2 Å². The lowest BCUT2D eigenvalue weighted by atomic mass is 10.2. The number of aromatic nitrogens is 2. The monoisotopic (exact) mass is 445 g/mol. The lowest BCUT2D eigenvalue weighted by molar-refractivity contribution is 0.0730. The van der Waals surface area contributed by atoms with E-state index in [-0.39, 0.29) is 27.5 Å². The Labute approximate surface area is 178 Å². The van der Waals surface area contributed by atoms with E-state index in [1.807, 2.05) is 6.07 Å². The smallest absolute Gasteiger partial charge is 0.277 e. The van der Waals surface area contributed by atoms with Crippen molar-refractivity contribution in [3.8, 4) is 11.5 Å². The zero-order valence-electron chi connectivity index (χ0n) is 15.9. The molecule has 3 aromatic rings. The number of morpholine rings is 1. The average Bonchev–Trinajstić information content (AvgIpc) is 3.28. The highest BCUT2D eigenvalue weighted by Gasteiger charge is 2.27. The Bertz CT molecular complexity index is 1130. The van der Waals surface area contributed by atoms with Crippen LogP contribution in [0.2, 0.25) is 0 Å². The molecule has 0 aliphatic carbocycles. The van der Waals surface area contributed by atoms with Crippen LogP contribution in [-0.4, -0.2) is 60.8 Å². The van der Waals surface area contributed by atoms with Crippen LogP contribution in [0.4, 0.5) is 0 Å². The maximum atomic E-state index is 12.9. The first kappa shape index (κ1) is 20.7. The van der Waals surface area contributed by atoms with Crippen molar-refractivity contribution in [2.75, 3.05) is 32.1 Å². The molecule has 8 nitrogen and oxygen atoms in total. The minimum atomic E-state index is -3.62. The van der Waals surface area contributed by atoms with Crippen molar-refractivity contribution in [3.63, 3.8) is 0 Å². The van der Waals surface area contributed by atoms with Gasteiger partial charge < -0.3 is 9.15 Å². The molecule has 1 aromatic heterocycles. The lowest BCUT2D eigenvalue weighted by Crippen LogP contribution is -2.40.